The number of hydrogen-bond acceptors (Lipinski definition) is 3. The maximum absolute atomic E-state index is 11.7. The minimum atomic E-state index is -0.459. The molecule has 5 atom stereocenters. The molecule has 0 amide bonds. The summed E-state index contributed by atoms with van der Waals surface area (Å²) in [4.78, 5) is 2.24. The molecular formula is C24H37NO2. The summed E-state index contributed by atoms with van der Waals surface area (Å²) in [6, 6.07) is 6.72. The lowest BCUT2D eigenvalue weighted by Gasteiger charge is -2.53. The summed E-state index contributed by atoms with van der Waals surface area (Å²) in [5.74, 6) is 3.09. The lowest BCUT2D eigenvalue weighted by Crippen LogP contribution is -2.51. The average molecular weight is 372 g/mol. The van der Waals surface area contributed by atoms with E-state index in [1.165, 1.54) is 37.7 Å². The van der Waals surface area contributed by atoms with Crippen LogP contribution in [0.2, 0.25) is 0 Å². The summed E-state index contributed by atoms with van der Waals surface area (Å²) in [5, 5.41) is 11.7. The van der Waals surface area contributed by atoms with Gasteiger partial charge in [0.15, 0.2) is 0 Å². The van der Waals surface area contributed by atoms with Gasteiger partial charge in [0.1, 0.15) is 5.75 Å². The van der Waals surface area contributed by atoms with Crippen molar-refractivity contribution in [3.63, 3.8) is 0 Å². The van der Waals surface area contributed by atoms with Crippen LogP contribution in [0.4, 0.5) is 0 Å². The summed E-state index contributed by atoms with van der Waals surface area (Å²) < 4.78 is 5.45. The van der Waals surface area contributed by atoms with Gasteiger partial charge in [-0.25, -0.2) is 0 Å². The van der Waals surface area contributed by atoms with Crippen molar-refractivity contribution in [3.05, 3.63) is 29.3 Å². The van der Waals surface area contributed by atoms with Crippen LogP contribution in [0.5, 0.6) is 5.75 Å². The standard InChI is InChI=1S/C24H37NO2/c1-23-13-10-20-19-9-7-18(27-4)16-17(19)6-8-21(20)22(23)11-14-24(23,26)12-5-15-25(2)3/h7,9,16,20-22,26H,5-6,8,10-15H2,1-4H3/t20-,21-,22+,23+,24+/m1/s1. The van der Waals surface area contributed by atoms with Crippen molar-refractivity contribution in [1.29, 1.82) is 0 Å². The van der Waals surface area contributed by atoms with E-state index in [0.717, 1.165) is 37.5 Å². The predicted molar refractivity (Wildman–Crippen MR) is 110 cm³/mol. The Bertz CT molecular complexity index is 687. The first-order chi connectivity index (χ1) is 12.9. The van der Waals surface area contributed by atoms with E-state index in [2.05, 4.69) is 44.1 Å². The van der Waals surface area contributed by atoms with Gasteiger partial charge in [0.25, 0.3) is 0 Å². The van der Waals surface area contributed by atoms with Crippen molar-refractivity contribution in [1.82, 2.24) is 4.90 Å². The van der Waals surface area contributed by atoms with Crippen LogP contribution in [0.1, 0.15) is 68.9 Å². The van der Waals surface area contributed by atoms with Gasteiger partial charge in [0.2, 0.25) is 0 Å². The molecular weight excluding hydrogens is 334 g/mol. The number of ether oxygens (including phenoxy) is 1. The van der Waals surface area contributed by atoms with Gasteiger partial charge in [0, 0.05) is 0 Å². The summed E-state index contributed by atoms with van der Waals surface area (Å²) in [6.45, 7) is 3.49. The topological polar surface area (TPSA) is 32.7 Å². The van der Waals surface area contributed by atoms with Crippen LogP contribution < -0.4 is 4.74 Å². The molecule has 0 spiro atoms. The zero-order valence-corrected chi connectivity index (χ0v) is 17.6. The van der Waals surface area contributed by atoms with Crippen LogP contribution in [0.15, 0.2) is 18.2 Å². The summed E-state index contributed by atoms with van der Waals surface area (Å²) >= 11 is 0. The fraction of sp³-hybridized carbons (Fsp3) is 0.750. The van der Waals surface area contributed by atoms with Crippen molar-refractivity contribution >= 4 is 0 Å². The molecule has 3 aliphatic rings. The second-order valence-electron chi connectivity index (χ2n) is 9.91. The highest BCUT2D eigenvalue weighted by Crippen LogP contribution is 2.65. The third kappa shape index (κ3) is 3.11. The first-order valence-electron chi connectivity index (χ1n) is 10.9. The number of nitrogens with zero attached hydrogens (tertiary/aromatic N) is 1. The number of aliphatic hydroxyl groups is 1. The van der Waals surface area contributed by atoms with Gasteiger partial charge in [-0.2, -0.15) is 0 Å². The Morgan fingerprint density at radius 1 is 1.19 bits per heavy atom. The Morgan fingerprint density at radius 3 is 2.74 bits per heavy atom. The number of hydrogen-bond donors (Lipinski definition) is 1. The molecule has 27 heavy (non-hydrogen) atoms. The molecule has 0 bridgehead atoms. The second-order valence-corrected chi connectivity index (χ2v) is 9.91. The summed E-state index contributed by atoms with van der Waals surface area (Å²) in [6.07, 6.45) is 9.11. The predicted octanol–water partition coefficient (Wildman–Crippen LogP) is 4.62. The monoisotopic (exact) mass is 371 g/mol. The lowest BCUT2D eigenvalue weighted by atomic mass is 9.53. The molecule has 3 aliphatic carbocycles. The van der Waals surface area contributed by atoms with Crippen molar-refractivity contribution in [3.8, 4) is 5.75 Å². The van der Waals surface area contributed by atoms with Crippen molar-refractivity contribution in [2.24, 2.45) is 17.3 Å². The highest BCUT2D eigenvalue weighted by Gasteiger charge is 2.60. The molecule has 2 fully saturated rings. The van der Waals surface area contributed by atoms with E-state index in [1.807, 2.05) is 0 Å². The van der Waals surface area contributed by atoms with Gasteiger partial charge in [-0.3, -0.25) is 0 Å². The normalized spacial score (nSPS) is 37.6. The van der Waals surface area contributed by atoms with Gasteiger partial charge in [-0.15, -0.1) is 0 Å². The van der Waals surface area contributed by atoms with Gasteiger partial charge in [0.05, 0.1) is 12.7 Å². The minimum absolute atomic E-state index is 0.102. The molecule has 4 rings (SSSR count). The van der Waals surface area contributed by atoms with E-state index in [1.54, 1.807) is 12.7 Å². The number of methoxy groups -OCH3 is 1. The molecule has 0 radical (unpaired) electrons. The molecule has 1 aromatic rings. The Balaban J connectivity index is 1.55. The molecule has 1 N–H and O–H groups in total. The SMILES string of the molecule is COc1ccc2c(c1)CC[C@@H]1[C@@H]2CC[C@@]2(C)[C@H]1CC[C@@]2(O)CCCN(C)C. The second kappa shape index (κ2) is 7.08. The molecule has 3 heteroatoms. The molecule has 0 aliphatic heterocycles. The number of aryl methyl sites for hydroxylation is 1. The largest absolute Gasteiger partial charge is 0.497 e. The fourth-order valence-corrected chi connectivity index (χ4v) is 6.89. The Labute approximate surface area is 165 Å². The molecule has 2 saturated carbocycles. The van der Waals surface area contributed by atoms with Crippen LogP contribution in [-0.2, 0) is 6.42 Å². The molecule has 0 heterocycles. The number of fused-ring (bicyclic) bond motifs is 5. The van der Waals surface area contributed by atoms with Crippen molar-refractivity contribution in [2.45, 2.75) is 69.8 Å². The maximum atomic E-state index is 11.7. The van der Waals surface area contributed by atoms with E-state index >= 15 is 0 Å². The lowest BCUT2D eigenvalue weighted by molar-refractivity contribution is -0.108. The first-order valence-corrected chi connectivity index (χ1v) is 10.9. The van der Waals surface area contributed by atoms with E-state index in [9.17, 15) is 5.11 Å². The zero-order valence-electron chi connectivity index (χ0n) is 17.6. The van der Waals surface area contributed by atoms with Gasteiger partial charge in [-0.05, 0) is 118 Å². The van der Waals surface area contributed by atoms with Gasteiger partial charge < -0.3 is 14.7 Å². The Kier molecular flexibility index (Phi) is 5.05. The first kappa shape index (κ1) is 19.3. The van der Waals surface area contributed by atoms with E-state index in [-0.39, 0.29) is 5.41 Å². The van der Waals surface area contributed by atoms with Crippen LogP contribution in [0, 0.1) is 17.3 Å². The molecule has 1 aromatic carbocycles. The van der Waals surface area contributed by atoms with E-state index < -0.39 is 5.60 Å². The minimum Gasteiger partial charge on any atom is -0.497 e. The number of benzene rings is 1. The average Bonchev–Trinajstić information content (AvgIpc) is 2.92. The van der Waals surface area contributed by atoms with Crippen molar-refractivity contribution in [2.75, 3.05) is 27.7 Å². The zero-order chi connectivity index (χ0) is 19.2. The van der Waals surface area contributed by atoms with E-state index in [0.29, 0.717) is 11.8 Å². The van der Waals surface area contributed by atoms with Crippen LogP contribution in [0.3, 0.4) is 0 Å². The quantitative estimate of drug-likeness (QED) is 0.819. The summed E-state index contributed by atoms with van der Waals surface area (Å²) in [7, 11) is 6.01. The van der Waals surface area contributed by atoms with Crippen LogP contribution in [-0.4, -0.2) is 43.4 Å². The smallest absolute Gasteiger partial charge is 0.119 e. The Hall–Kier alpha value is -1.06. The highest BCUT2D eigenvalue weighted by molar-refractivity contribution is 5.40. The van der Waals surface area contributed by atoms with E-state index in [4.69, 9.17) is 4.74 Å². The third-order valence-corrected chi connectivity index (χ3v) is 8.45. The third-order valence-electron chi connectivity index (χ3n) is 8.45. The van der Waals surface area contributed by atoms with Crippen LogP contribution in [0.25, 0.3) is 0 Å². The van der Waals surface area contributed by atoms with Gasteiger partial charge >= 0.3 is 0 Å². The molecule has 3 nitrogen and oxygen atoms in total. The highest BCUT2D eigenvalue weighted by atomic mass is 16.5. The van der Waals surface area contributed by atoms with Crippen LogP contribution >= 0.6 is 0 Å². The number of rotatable bonds is 5. The van der Waals surface area contributed by atoms with Crippen molar-refractivity contribution < 1.29 is 9.84 Å². The summed E-state index contributed by atoms with van der Waals surface area (Å²) in [5.41, 5.74) is 2.71. The molecule has 150 valence electrons. The molecule has 0 aromatic heterocycles. The fourth-order valence-electron chi connectivity index (χ4n) is 6.89. The Morgan fingerprint density at radius 2 is 2.00 bits per heavy atom. The molecule has 0 saturated heterocycles. The van der Waals surface area contributed by atoms with Gasteiger partial charge in [-0.1, -0.05) is 13.0 Å². The maximum Gasteiger partial charge on any atom is 0.119 e. The molecule has 0 unspecified atom stereocenters.